The van der Waals surface area contributed by atoms with E-state index in [1.54, 1.807) is 24.3 Å². The monoisotopic (exact) mass is 403 g/mol. The van der Waals surface area contributed by atoms with Gasteiger partial charge in [0.05, 0.1) is 5.75 Å². The van der Waals surface area contributed by atoms with Crippen molar-refractivity contribution in [3.8, 4) is 23.0 Å². The first-order valence-electron chi connectivity index (χ1n) is 8.55. The lowest BCUT2D eigenvalue weighted by molar-refractivity contribution is -0.144. The number of ether oxygens (including phenoxy) is 5. The zero-order valence-electron chi connectivity index (χ0n) is 14.8. The van der Waals surface area contributed by atoms with E-state index in [-0.39, 0.29) is 19.2 Å². The van der Waals surface area contributed by atoms with Gasteiger partial charge in [-0.25, -0.2) is 0 Å². The van der Waals surface area contributed by atoms with Crippen LogP contribution in [-0.2, 0) is 14.3 Å². The Bertz CT molecular complexity index is 902. The number of hydrogen-bond donors (Lipinski definition) is 1. The van der Waals surface area contributed by atoms with Crippen LogP contribution in [0.2, 0.25) is 0 Å². The largest absolute Gasteiger partial charge is 0.486 e. The third-order valence-corrected chi connectivity index (χ3v) is 4.86. The Morgan fingerprint density at radius 1 is 0.929 bits per heavy atom. The molecule has 0 aromatic heterocycles. The zero-order chi connectivity index (χ0) is 19.3. The van der Waals surface area contributed by atoms with Crippen molar-refractivity contribution in [2.45, 2.75) is 4.90 Å². The molecule has 0 spiro atoms. The molecule has 0 saturated carbocycles. The third kappa shape index (κ3) is 4.42. The molecule has 2 aliphatic heterocycles. The van der Waals surface area contributed by atoms with E-state index in [9.17, 15) is 9.59 Å². The highest BCUT2D eigenvalue weighted by atomic mass is 32.2. The van der Waals surface area contributed by atoms with Crippen molar-refractivity contribution in [2.75, 3.05) is 37.7 Å². The van der Waals surface area contributed by atoms with E-state index in [4.69, 9.17) is 23.7 Å². The minimum absolute atomic E-state index is 0.0803. The maximum Gasteiger partial charge on any atom is 0.316 e. The summed E-state index contributed by atoms with van der Waals surface area (Å²) in [6.45, 7) is 0.822. The number of benzene rings is 2. The van der Waals surface area contributed by atoms with E-state index in [0.29, 0.717) is 41.9 Å². The molecule has 9 heteroatoms. The summed E-state index contributed by atoms with van der Waals surface area (Å²) in [5.74, 6) is 1.70. The predicted molar refractivity (Wildman–Crippen MR) is 100 cm³/mol. The molecular weight excluding hydrogens is 386 g/mol. The number of amides is 1. The molecule has 1 N–H and O–H groups in total. The van der Waals surface area contributed by atoms with Crippen LogP contribution in [0.15, 0.2) is 41.3 Å². The highest BCUT2D eigenvalue weighted by Gasteiger charge is 2.16. The van der Waals surface area contributed by atoms with Crippen molar-refractivity contribution in [1.29, 1.82) is 0 Å². The second kappa shape index (κ2) is 8.30. The Hall–Kier alpha value is -3.07. The molecule has 8 nitrogen and oxygen atoms in total. The van der Waals surface area contributed by atoms with Crippen LogP contribution in [0.25, 0.3) is 0 Å². The van der Waals surface area contributed by atoms with Gasteiger partial charge in [0.15, 0.2) is 29.6 Å². The average Bonchev–Trinajstić information content (AvgIpc) is 3.18. The molecule has 0 aliphatic carbocycles. The number of rotatable bonds is 6. The fraction of sp³-hybridized carbons (Fsp3) is 0.263. The lowest BCUT2D eigenvalue weighted by atomic mass is 10.3. The van der Waals surface area contributed by atoms with Gasteiger partial charge in [-0.3, -0.25) is 9.59 Å². The normalized spacial score (nSPS) is 13.7. The van der Waals surface area contributed by atoms with E-state index in [1.807, 2.05) is 12.1 Å². The standard InChI is InChI=1S/C19H17NO7S/c21-18(20-12-1-3-15-16(7-12)27-11-26-15)9-25-19(22)10-28-13-2-4-14-17(8-13)24-6-5-23-14/h1-4,7-8H,5-6,9-11H2,(H,20,21). The van der Waals surface area contributed by atoms with Gasteiger partial charge >= 0.3 is 5.97 Å². The Balaban J connectivity index is 1.21. The topological polar surface area (TPSA) is 92.3 Å². The first-order valence-corrected chi connectivity index (χ1v) is 9.53. The summed E-state index contributed by atoms with van der Waals surface area (Å²) in [5.41, 5.74) is 0.538. The molecule has 2 aromatic rings. The van der Waals surface area contributed by atoms with Crippen LogP contribution in [0.1, 0.15) is 0 Å². The van der Waals surface area contributed by atoms with Crippen LogP contribution >= 0.6 is 11.8 Å². The summed E-state index contributed by atoms with van der Waals surface area (Å²) < 4.78 is 26.4. The summed E-state index contributed by atoms with van der Waals surface area (Å²) in [4.78, 5) is 24.7. The van der Waals surface area contributed by atoms with Crippen LogP contribution in [0.3, 0.4) is 0 Å². The summed E-state index contributed by atoms with van der Waals surface area (Å²) in [6.07, 6.45) is 0. The van der Waals surface area contributed by atoms with Gasteiger partial charge < -0.3 is 29.0 Å². The fourth-order valence-electron chi connectivity index (χ4n) is 2.61. The molecule has 0 bridgehead atoms. The summed E-state index contributed by atoms with van der Waals surface area (Å²) in [5, 5.41) is 2.65. The Morgan fingerprint density at radius 2 is 1.64 bits per heavy atom. The smallest absolute Gasteiger partial charge is 0.316 e. The SMILES string of the molecule is O=C(COC(=O)CSc1ccc2c(c1)OCCO2)Nc1ccc2c(c1)OCO2. The fourth-order valence-corrected chi connectivity index (χ4v) is 3.34. The highest BCUT2D eigenvalue weighted by molar-refractivity contribution is 8.00. The quantitative estimate of drug-likeness (QED) is 0.581. The highest BCUT2D eigenvalue weighted by Crippen LogP contribution is 2.35. The first kappa shape index (κ1) is 18.3. The van der Waals surface area contributed by atoms with Gasteiger partial charge in [-0.2, -0.15) is 0 Å². The van der Waals surface area contributed by atoms with Crippen molar-refractivity contribution in [3.05, 3.63) is 36.4 Å². The third-order valence-electron chi connectivity index (χ3n) is 3.89. The molecule has 0 atom stereocenters. The second-order valence-electron chi connectivity index (χ2n) is 5.87. The molecule has 0 saturated heterocycles. The van der Waals surface area contributed by atoms with Gasteiger partial charge in [0.1, 0.15) is 13.2 Å². The van der Waals surface area contributed by atoms with Crippen LogP contribution in [-0.4, -0.2) is 44.2 Å². The van der Waals surface area contributed by atoms with Crippen LogP contribution in [0.5, 0.6) is 23.0 Å². The van der Waals surface area contributed by atoms with Gasteiger partial charge in [0.2, 0.25) is 6.79 Å². The van der Waals surface area contributed by atoms with Gasteiger partial charge in [-0.05, 0) is 30.3 Å². The molecule has 1 amide bonds. The van der Waals surface area contributed by atoms with Gasteiger partial charge in [-0.1, -0.05) is 0 Å². The molecule has 4 rings (SSSR count). The van der Waals surface area contributed by atoms with Crippen LogP contribution in [0, 0.1) is 0 Å². The van der Waals surface area contributed by atoms with Crippen molar-refractivity contribution < 1.29 is 33.3 Å². The molecule has 0 fully saturated rings. The van der Waals surface area contributed by atoms with Crippen molar-refractivity contribution in [2.24, 2.45) is 0 Å². The van der Waals surface area contributed by atoms with E-state index < -0.39 is 11.9 Å². The van der Waals surface area contributed by atoms with Crippen molar-refractivity contribution in [3.63, 3.8) is 0 Å². The minimum atomic E-state index is -0.485. The Kier molecular flexibility index (Phi) is 5.43. The molecular formula is C19H17NO7S. The number of esters is 1. The van der Waals surface area contributed by atoms with E-state index >= 15 is 0 Å². The maximum atomic E-state index is 12.0. The number of nitrogens with one attached hydrogen (secondary N) is 1. The number of hydrogen-bond acceptors (Lipinski definition) is 8. The molecule has 2 aromatic carbocycles. The Morgan fingerprint density at radius 3 is 2.54 bits per heavy atom. The minimum Gasteiger partial charge on any atom is -0.486 e. The van der Waals surface area contributed by atoms with E-state index in [1.165, 1.54) is 11.8 Å². The summed E-state index contributed by atoms with van der Waals surface area (Å²) in [7, 11) is 0. The first-order chi connectivity index (χ1) is 13.7. The number of thioether (sulfide) groups is 1. The lowest BCUT2D eigenvalue weighted by Gasteiger charge is -2.18. The summed E-state index contributed by atoms with van der Waals surface area (Å²) >= 11 is 1.30. The van der Waals surface area contributed by atoms with Crippen molar-refractivity contribution in [1.82, 2.24) is 0 Å². The Labute approximate surface area is 165 Å². The van der Waals surface area contributed by atoms with Crippen molar-refractivity contribution >= 4 is 29.3 Å². The molecule has 0 unspecified atom stereocenters. The number of fused-ring (bicyclic) bond motifs is 2. The average molecular weight is 403 g/mol. The van der Waals surface area contributed by atoms with E-state index in [2.05, 4.69) is 5.32 Å². The number of carbonyl (C=O) groups excluding carboxylic acids is 2. The molecule has 146 valence electrons. The lowest BCUT2D eigenvalue weighted by Crippen LogP contribution is -2.21. The van der Waals surface area contributed by atoms with E-state index in [0.717, 1.165) is 4.90 Å². The predicted octanol–water partition coefficient (Wildman–Crippen LogP) is 2.46. The molecule has 2 aliphatic rings. The number of carbonyl (C=O) groups is 2. The van der Waals surface area contributed by atoms with Crippen LogP contribution < -0.4 is 24.3 Å². The van der Waals surface area contributed by atoms with Crippen LogP contribution in [0.4, 0.5) is 5.69 Å². The van der Waals surface area contributed by atoms with Gasteiger partial charge in [0, 0.05) is 16.6 Å². The van der Waals surface area contributed by atoms with Gasteiger partial charge in [-0.15, -0.1) is 11.8 Å². The molecule has 0 radical (unpaired) electrons. The molecule has 28 heavy (non-hydrogen) atoms. The second-order valence-corrected chi connectivity index (χ2v) is 6.92. The number of anilines is 1. The molecule has 2 heterocycles. The summed E-state index contributed by atoms with van der Waals surface area (Å²) in [6, 6.07) is 10.5. The maximum absolute atomic E-state index is 12.0. The zero-order valence-corrected chi connectivity index (χ0v) is 15.6. The van der Waals surface area contributed by atoms with Gasteiger partial charge in [0.25, 0.3) is 5.91 Å².